The van der Waals surface area contributed by atoms with Crippen LogP contribution in [0.25, 0.3) is 0 Å². The molecule has 0 aliphatic rings. The highest BCUT2D eigenvalue weighted by Crippen LogP contribution is 2.21. The summed E-state index contributed by atoms with van der Waals surface area (Å²) >= 11 is 5.72. The van der Waals surface area contributed by atoms with Crippen molar-refractivity contribution in [2.75, 3.05) is 18.5 Å². The van der Waals surface area contributed by atoms with E-state index < -0.39 is 23.8 Å². The first-order chi connectivity index (χ1) is 12.2. The van der Waals surface area contributed by atoms with E-state index in [1.807, 2.05) is 0 Å². The monoisotopic (exact) mass is 383 g/mol. The van der Waals surface area contributed by atoms with E-state index in [9.17, 15) is 19.2 Å². The second kappa shape index (κ2) is 10.2. The first-order valence-corrected chi connectivity index (χ1v) is 7.89. The van der Waals surface area contributed by atoms with Crippen LogP contribution in [0.1, 0.15) is 30.1 Å². The first kappa shape index (κ1) is 21.2. The fraction of sp³-hybridized carbons (Fsp3) is 0.294. The summed E-state index contributed by atoms with van der Waals surface area (Å²) in [6.45, 7) is 4.64. The molecule has 0 unspecified atom stereocenters. The van der Waals surface area contributed by atoms with Gasteiger partial charge in [0.1, 0.15) is 13.2 Å². The Morgan fingerprint density at radius 3 is 2.42 bits per heavy atom. The SMILES string of the molecule is C=C(C)C(=O)OCCOC(=O)CCC(=O)Nc1ccc(Cl)cc1C(=O)O. The topological polar surface area (TPSA) is 119 Å². The summed E-state index contributed by atoms with van der Waals surface area (Å²) in [6, 6.07) is 4.00. The van der Waals surface area contributed by atoms with Crippen LogP contribution in [-0.2, 0) is 23.9 Å². The molecule has 0 spiro atoms. The minimum atomic E-state index is -1.24. The molecule has 26 heavy (non-hydrogen) atoms. The van der Waals surface area contributed by atoms with Crippen LogP contribution < -0.4 is 5.32 Å². The molecule has 2 N–H and O–H groups in total. The number of nitrogens with one attached hydrogen (secondary N) is 1. The first-order valence-electron chi connectivity index (χ1n) is 7.51. The predicted octanol–water partition coefficient (Wildman–Crippen LogP) is 2.42. The van der Waals surface area contributed by atoms with Crippen LogP contribution in [0.3, 0.4) is 0 Å². The summed E-state index contributed by atoms with van der Waals surface area (Å²) in [5.41, 5.74) is 0.149. The van der Waals surface area contributed by atoms with Gasteiger partial charge in [-0.25, -0.2) is 9.59 Å². The number of hydrogen-bond donors (Lipinski definition) is 2. The molecule has 9 heteroatoms. The van der Waals surface area contributed by atoms with Crippen LogP contribution in [0, 0.1) is 0 Å². The van der Waals surface area contributed by atoms with Crippen molar-refractivity contribution in [3.63, 3.8) is 0 Å². The molecule has 0 fully saturated rings. The van der Waals surface area contributed by atoms with Gasteiger partial charge in [0.25, 0.3) is 0 Å². The van der Waals surface area contributed by atoms with Gasteiger partial charge in [-0.2, -0.15) is 0 Å². The maximum atomic E-state index is 11.8. The van der Waals surface area contributed by atoms with E-state index in [2.05, 4.69) is 11.9 Å². The molecule has 0 saturated carbocycles. The van der Waals surface area contributed by atoms with Gasteiger partial charge in [0, 0.05) is 17.0 Å². The number of ether oxygens (including phenoxy) is 2. The molecule has 0 bridgehead atoms. The summed E-state index contributed by atoms with van der Waals surface area (Å²) in [5.74, 6) is -3.04. The van der Waals surface area contributed by atoms with Crippen LogP contribution in [0.2, 0.25) is 5.02 Å². The molecule has 0 aromatic heterocycles. The normalized spacial score (nSPS) is 9.92. The average molecular weight is 384 g/mol. The Morgan fingerprint density at radius 1 is 1.15 bits per heavy atom. The van der Waals surface area contributed by atoms with Gasteiger partial charge in [-0.1, -0.05) is 18.2 Å². The number of aromatic carboxylic acids is 1. The van der Waals surface area contributed by atoms with Crippen LogP contribution in [0.15, 0.2) is 30.4 Å². The van der Waals surface area contributed by atoms with Crippen molar-refractivity contribution in [1.82, 2.24) is 0 Å². The van der Waals surface area contributed by atoms with Crippen molar-refractivity contribution in [1.29, 1.82) is 0 Å². The summed E-state index contributed by atoms with van der Waals surface area (Å²) in [4.78, 5) is 45.6. The third-order valence-corrected chi connectivity index (χ3v) is 3.21. The number of carboxylic acid groups (broad SMARTS) is 1. The second-order valence-corrected chi connectivity index (χ2v) is 5.62. The van der Waals surface area contributed by atoms with E-state index in [1.165, 1.54) is 25.1 Å². The molecule has 8 nitrogen and oxygen atoms in total. The highest BCUT2D eigenvalue weighted by Gasteiger charge is 2.14. The van der Waals surface area contributed by atoms with Gasteiger partial charge in [-0.3, -0.25) is 9.59 Å². The number of carbonyl (C=O) groups is 4. The lowest BCUT2D eigenvalue weighted by atomic mass is 10.1. The summed E-state index contributed by atoms with van der Waals surface area (Å²) in [5, 5.41) is 11.7. The molecule has 0 aliphatic heterocycles. The van der Waals surface area contributed by atoms with Gasteiger partial charge < -0.3 is 19.9 Å². The second-order valence-electron chi connectivity index (χ2n) is 5.18. The molecule has 0 aliphatic carbocycles. The van der Waals surface area contributed by atoms with E-state index in [4.69, 9.17) is 26.2 Å². The number of amides is 1. The number of anilines is 1. The van der Waals surface area contributed by atoms with Crippen molar-refractivity contribution >= 4 is 41.1 Å². The minimum Gasteiger partial charge on any atom is -0.478 e. The molecular weight excluding hydrogens is 366 g/mol. The molecule has 0 atom stereocenters. The largest absolute Gasteiger partial charge is 0.478 e. The lowest BCUT2D eigenvalue weighted by Gasteiger charge is -2.09. The van der Waals surface area contributed by atoms with E-state index in [0.29, 0.717) is 0 Å². The van der Waals surface area contributed by atoms with Gasteiger partial charge in [0.2, 0.25) is 5.91 Å². The molecular formula is C17H18ClNO7. The molecule has 1 rings (SSSR count). The molecule has 140 valence electrons. The average Bonchev–Trinajstić information content (AvgIpc) is 2.57. The Hall–Kier alpha value is -2.87. The maximum absolute atomic E-state index is 11.8. The fourth-order valence-electron chi connectivity index (χ4n) is 1.72. The Balaban J connectivity index is 2.38. The number of carbonyl (C=O) groups excluding carboxylic acids is 3. The number of hydrogen-bond acceptors (Lipinski definition) is 6. The highest BCUT2D eigenvalue weighted by atomic mass is 35.5. The third kappa shape index (κ3) is 7.35. The quantitative estimate of drug-likeness (QED) is 0.381. The Kier molecular flexibility index (Phi) is 8.30. The fourth-order valence-corrected chi connectivity index (χ4v) is 1.89. The maximum Gasteiger partial charge on any atom is 0.337 e. The van der Waals surface area contributed by atoms with Crippen molar-refractivity contribution in [2.45, 2.75) is 19.8 Å². The zero-order valence-electron chi connectivity index (χ0n) is 14.0. The van der Waals surface area contributed by atoms with Gasteiger partial charge in [0.05, 0.1) is 17.7 Å². The van der Waals surface area contributed by atoms with Crippen LogP contribution in [0.5, 0.6) is 0 Å². The van der Waals surface area contributed by atoms with Gasteiger partial charge in [0.15, 0.2) is 0 Å². The van der Waals surface area contributed by atoms with Crippen molar-refractivity contribution in [2.24, 2.45) is 0 Å². The van der Waals surface area contributed by atoms with Crippen molar-refractivity contribution < 1.29 is 33.8 Å². The highest BCUT2D eigenvalue weighted by molar-refractivity contribution is 6.31. The summed E-state index contributed by atoms with van der Waals surface area (Å²) in [6.07, 6.45) is -0.414. The number of halogens is 1. The van der Waals surface area contributed by atoms with Crippen molar-refractivity contribution in [3.05, 3.63) is 40.9 Å². The van der Waals surface area contributed by atoms with Gasteiger partial charge in [-0.15, -0.1) is 0 Å². The smallest absolute Gasteiger partial charge is 0.337 e. The van der Waals surface area contributed by atoms with Gasteiger partial charge >= 0.3 is 17.9 Å². The molecule has 0 saturated heterocycles. The zero-order valence-corrected chi connectivity index (χ0v) is 14.8. The lowest BCUT2D eigenvalue weighted by Crippen LogP contribution is -2.18. The molecule has 1 aromatic carbocycles. The van der Waals surface area contributed by atoms with E-state index in [0.717, 1.165) is 0 Å². The molecule has 1 amide bonds. The van der Waals surface area contributed by atoms with Gasteiger partial charge in [-0.05, 0) is 25.1 Å². The van der Waals surface area contributed by atoms with Crippen LogP contribution in [0.4, 0.5) is 5.69 Å². The van der Waals surface area contributed by atoms with Crippen molar-refractivity contribution in [3.8, 4) is 0 Å². The summed E-state index contributed by atoms with van der Waals surface area (Å²) in [7, 11) is 0. The molecule has 1 aromatic rings. The van der Waals surface area contributed by atoms with E-state index >= 15 is 0 Å². The Morgan fingerprint density at radius 2 is 1.81 bits per heavy atom. The lowest BCUT2D eigenvalue weighted by molar-refractivity contribution is -0.150. The van der Waals surface area contributed by atoms with Crippen LogP contribution in [-0.4, -0.2) is 42.1 Å². The number of benzene rings is 1. The zero-order chi connectivity index (χ0) is 19.7. The number of esters is 2. The molecule has 0 radical (unpaired) electrons. The predicted molar refractivity (Wildman–Crippen MR) is 93.0 cm³/mol. The third-order valence-electron chi connectivity index (χ3n) is 2.97. The molecule has 0 heterocycles. The van der Waals surface area contributed by atoms with E-state index in [-0.39, 0.29) is 47.9 Å². The van der Waals surface area contributed by atoms with Crippen LogP contribution >= 0.6 is 11.6 Å². The minimum absolute atomic E-state index is 0.0759. The summed E-state index contributed by atoms with van der Waals surface area (Å²) < 4.78 is 9.56. The number of carboxylic acids is 1. The Bertz CT molecular complexity index is 730. The van der Waals surface area contributed by atoms with E-state index in [1.54, 1.807) is 0 Å². The number of rotatable bonds is 9. The standard InChI is InChI=1S/C17H18ClNO7/c1-10(2)17(24)26-8-7-25-15(21)6-5-14(20)19-13-4-3-11(18)9-12(13)16(22)23/h3-4,9H,1,5-8H2,2H3,(H,19,20)(H,22,23). The Labute approximate surface area is 154 Å².